The fourth-order valence-electron chi connectivity index (χ4n) is 6.09. The first-order chi connectivity index (χ1) is 11.8. The molecule has 0 aromatic heterocycles. The van der Waals surface area contributed by atoms with Crippen molar-refractivity contribution in [2.24, 2.45) is 22.7 Å². The zero-order chi connectivity index (χ0) is 20.0. The lowest BCUT2D eigenvalue weighted by Crippen LogP contribution is -2.61. The van der Waals surface area contributed by atoms with Gasteiger partial charge in [-0.2, -0.15) is 0 Å². The van der Waals surface area contributed by atoms with Crippen LogP contribution in [0.5, 0.6) is 0 Å². The van der Waals surface area contributed by atoms with Crippen LogP contribution in [0.15, 0.2) is 12.7 Å². The van der Waals surface area contributed by atoms with Gasteiger partial charge in [-0.1, -0.05) is 26.8 Å². The van der Waals surface area contributed by atoms with Crippen molar-refractivity contribution in [3.05, 3.63) is 12.7 Å². The summed E-state index contributed by atoms with van der Waals surface area (Å²) in [4.78, 5) is 11.6. The van der Waals surface area contributed by atoms with Crippen LogP contribution in [0.1, 0.15) is 80.1 Å². The summed E-state index contributed by atoms with van der Waals surface area (Å²) in [6.45, 7) is 15.7. The molecule has 0 spiro atoms. The summed E-state index contributed by atoms with van der Waals surface area (Å²) in [5.74, 6) is 0.248. The summed E-state index contributed by atoms with van der Waals surface area (Å²) in [6, 6.07) is 0. The topological polar surface area (TPSA) is 66.8 Å². The minimum atomic E-state index is -0.913. The van der Waals surface area contributed by atoms with Crippen molar-refractivity contribution in [3.8, 4) is 0 Å². The van der Waals surface area contributed by atoms with Gasteiger partial charge in [0.2, 0.25) is 0 Å². The molecule has 0 aliphatic heterocycles. The molecule has 0 saturated heterocycles. The van der Waals surface area contributed by atoms with Crippen LogP contribution in [-0.4, -0.2) is 33.5 Å². The van der Waals surface area contributed by atoms with Gasteiger partial charge in [-0.05, 0) is 69.6 Å². The van der Waals surface area contributed by atoms with E-state index in [9.17, 15) is 15.0 Å². The van der Waals surface area contributed by atoms with Gasteiger partial charge >= 0.3 is 5.97 Å². The smallest absolute Gasteiger partial charge is 0.302 e. The molecule has 2 saturated carbocycles. The largest absolute Gasteiger partial charge is 0.462 e. The Balaban J connectivity index is 2.31. The number of ether oxygens (including phenoxy) is 1. The van der Waals surface area contributed by atoms with E-state index in [0.717, 1.165) is 32.1 Å². The number of aliphatic hydroxyl groups is 2. The molecule has 26 heavy (non-hydrogen) atoms. The number of fused-ring (bicyclic) bond motifs is 1. The number of hydrogen-bond donors (Lipinski definition) is 2. The van der Waals surface area contributed by atoms with Gasteiger partial charge in [0.1, 0.15) is 6.10 Å². The van der Waals surface area contributed by atoms with Crippen LogP contribution in [0.25, 0.3) is 0 Å². The lowest BCUT2D eigenvalue weighted by molar-refractivity contribution is -0.208. The molecule has 2 aliphatic rings. The maximum atomic E-state index is 11.6. The molecule has 2 fully saturated rings. The second-order valence-electron chi connectivity index (χ2n) is 10.1. The first kappa shape index (κ1) is 21.4. The van der Waals surface area contributed by atoms with Gasteiger partial charge < -0.3 is 14.9 Å². The van der Waals surface area contributed by atoms with E-state index in [2.05, 4.69) is 27.4 Å². The van der Waals surface area contributed by atoms with Gasteiger partial charge in [0, 0.05) is 12.3 Å². The Bertz CT molecular complexity index is 548. The molecular formula is C22H38O4. The quantitative estimate of drug-likeness (QED) is 0.564. The summed E-state index contributed by atoms with van der Waals surface area (Å²) >= 11 is 0. The maximum Gasteiger partial charge on any atom is 0.302 e. The van der Waals surface area contributed by atoms with Gasteiger partial charge in [-0.15, -0.1) is 6.58 Å². The minimum absolute atomic E-state index is 0.0425. The Labute approximate surface area is 159 Å². The molecule has 2 aliphatic carbocycles. The van der Waals surface area contributed by atoms with Crippen molar-refractivity contribution in [1.29, 1.82) is 0 Å². The summed E-state index contributed by atoms with van der Waals surface area (Å²) < 4.78 is 5.66. The highest BCUT2D eigenvalue weighted by Gasteiger charge is 2.60. The average molecular weight is 367 g/mol. The summed E-state index contributed by atoms with van der Waals surface area (Å²) in [7, 11) is 0. The standard InChI is InChI=1S/C22H38O4/c1-8-20(5,24)12-9-17-21(6)13-11-18(26-15(2)23)19(3,4)16(21)10-14-22(17,7)25/h8,16-18,24-25H,1,9-14H2,2-7H3/t16-,17+,18-,20-,21-,22+/m0/s1. The van der Waals surface area contributed by atoms with E-state index < -0.39 is 11.2 Å². The van der Waals surface area contributed by atoms with Crippen LogP contribution in [0, 0.1) is 22.7 Å². The van der Waals surface area contributed by atoms with Crippen LogP contribution >= 0.6 is 0 Å². The minimum Gasteiger partial charge on any atom is -0.462 e. The van der Waals surface area contributed by atoms with Crippen molar-refractivity contribution in [2.45, 2.75) is 97.4 Å². The van der Waals surface area contributed by atoms with E-state index in [-0.39, 0.29) is 28.8 Å². The maximum absolute atomic E-state index is 11.6. The molecule has 0 unspecified atom stereocenters. The van der Waals surface area contributed by atoms with E-state index >= 15 is 0 Å². The second-order valence-corrected chi connectivity index (χ2v) is 10.1. The SMILES string of the molecule is C=C[C@](C)(O)CC[C@@H]1[C@@]2(C)CC[C@H](OC(C)=O)C(C)(C)[C@@H]2CC[C@@]1(C)O. The van der Waals surface area contributed by atoms with Crippen molar-refractivity contribution in [1.82, 2.24) is 0 Å². The third-order valence-corrected chi connectivity index (χ3v) is 7.64. The Morgan fingerprint density at radius 1 is 1.27 bits per heavy atom. The van der Waals surface area contributed by atoms with E-state index in [1.807, 2.05) is 6.92 Å². The molecule has 0 aromatic rings. The van der Waals surface area contributed by atoms with Gasteiger partial charge in [-0.3, -0.25) is 4.79 Å². The van der Waals surface area contributed by atoms with Crippen LogP contribution in [-0.2, 0) is 9.53 Å². The van der Waals surface area contributed by atoms with Gasteiger partial charge in [0.05, 0.1) is 11.2 Å². The van der Waals surface area contributed by atoms with E-state index in [1.54, 1.807) is 13.0 Å². The Morgan fingerprint density at radius 2 is 1.88 bits per heavy atom. The number of rotatable bonds is 5. The normalized spacial score (nSPS) is 41.6. The predicted molar refractivity (Wildman–Crippen MR) is 104 cm³/mol. The van der Waals surface area contributed by atoms with Crippen LogP contribution in [0.3, 0.4) is 0 Å². The van der Waals surface area contributed by atoms with Crippen LogP contribution in [0.2, 0.25) is 0 Å². The molecule has 4 nitrogen and oxygen atoms in total. The summed E-state index contributed by atoms with van der Waals surface area (Å²) in [5, 5.41) is 21.6. The monoisotopic (exact) mass is 366 g/mol. The Hall–Kier alpha value is -0.870. The second kappa shape index (κ2) is 6.94. The zero-order valence-electron chi connectivity index (χ0n) is 17.5. The molecule has 0 heterocycles. The molecule has 6 atom stereocenters. The Kier molecular flexibility index (Phi) is 5.72. The number of carbonyl (C=O) groups excluding carboxylic acids is 1. The van der Waals surface area contributed by atoms with Gasteiger partial charge in [-0.25, -0.2) is 0 Å². The number of esters is 1. The molecular weight excluding hydrogens is 328 g/mol. The highest BCUT2D eigenvalue weighted by Crippen LogP contribution is 2.63. The summed E-state index contributed by atoms with van der Waals surface area (Å²) in [6.07, 6.45) is 6.29. The average Bonchev–Trinajstić information content (AvgIpc) is 2.48. The summed E-state index contributed by atoms with van der Waals surface area (Å²) in [5.41, 5.74) is -1.83. The third-order valence-electron chi connectivity index (χ3n) is 7.64. The third kappa shape index (κ3) is 3.87. The highest BCUT2D eigenvalue weighted by atomic mass is 16.5. The molecule has 0 aromatic carbocycles. The fraction of sp³-hybridized carbons (Fsp3) is 0.864. The molecule has 2 rings (SSSR count). The molecule has 0 bridgehead atoms. The van der Waals surface area contributed by atoms with Crippen LogP contribution in [0.4, 0.5) is 0 Å². The predicted octanol–water partition coefficient (Wildman–Crippen LogP) is 4.24. The van der Waals surface area contributed by atoms with Gasteiger partial charge in [0.25, 0.3) is 0 Å². The number of carbonyl (C=O) groups is 1. The molecule has 0 radical (unpaired) electrons. The van der Waals surface area contributed by atoms with E-state index in [1.165, 1.54) is 6.92 Å². The Morgan fingerprint density at radius 3 is 2.42 bits per heavy atom. The molecule has 150 valence electrons. The molecule has 0 amide bonds. The van der Waals surface area contributed by atoms with Crippen molar-refractivity contribution in [3.63, 3.8) is 0 Å². The van der Waals surface area contributed by atoms with Gasteiger partial charge in [0.15, 0.2) is 0 Å². The van der Waals surface area contributed by atoms with Crippen molar-refractivity contribution < 1.29 is 19.7 Å². The van der Waals surface area contributed by atoms with Crippen molar-refractivity contribution in [2.75, 3.05) is 0 Å². The fourth-order valence-corrected chi connectivity index (χ4v) is 6.09. The van der Waals surface area contributed by atoms with E-state index in [0.29, 0.717) is 12.3 Å². The lowest BCUT2D eigenvalue weighted by Gasteiger charge is -2.62. The highest BCUT2D eigenvalue weighted by molar-refractivity contribution is 5.66. The first-order valence-corrected chi connectivity index (χ1v) is 10.0. The number of hydrogen-bond acceptors (Lipinski definition) is 4. The van der Waals surface area contributed by atoms with Crippen LogP contribution < -0.4 is 0 Å². The first-order valence-electron chi connectivity index (χ1n) is 10.0. The zero-order valence-corrected chi connectivity index (χ0v) is 17.5. The molecule has 4 heteroatoms. The van der Waals surface area contributed by atoms with E-state index in [4.69, 9.17) is 4.74 Å². The lowest BCUT2D eigenvalue weighted by atomic mass is 9.44. The molecule has 2 N–H and O–H groups in total. The van der Waals surface area contributed by atoms with Crippen molar-refractivity contribution >= 4 is 5.97 Å².